The molecule has 4 heteroatoms. The van der Waals surface area contributed by atoms with Gasteiger partial charge in [-0.15, -0.1) is 12.6 Å². The van der Waals surface area contributed by atoms with Crippen molar-refractivity contribution in [1.82, 2.24) is 4.90 Å². The zero-order valence-electron chi connectivity index (χ0n) is 10.3. The Morgan fingerprint density at radius 3 is 2.06 bits per heavy atom. The summed E-state index contributed by atoms with van der Waals surface area (Å²) in [7, 11) is 0. The minimum atomic E-state index is 0.713. The lowest BCUT2D eigenvalue weighted by atomic mass is 10.1. The SMILES string of the molecule is Cc1cc(C)cc(N2CCN(C(=S)S)CC2)c1. The highest BCUT2D eigenvalue weighted by Crippen LogP contribution is 2.20. The van der Waals surface area contributed by atoms with Gasteiger partial charge in [0.05, 0.1) is 0 Å². The Bertz CT molecular complexity index is 403. The Hall–Kier alpha value is -0.740. The molecule has 0 atom stereocenters. The quantitative estimate of drug-likeness (QED) is 0.617. The molecule has 1 aromatic carbocycles. The smallest absolute Gasteiger partial charge is 0.133 e. The molecule has 17 heavy (non-hydrogen) atoms. The molecule has 0 unspecified atom stereocenters. The Kier molecular flexibility index (Phi) is 3.94. The van der Waals surface area contributed by atoms with Crippen molar-refractivity contribution in [3.8, 4) is 0 Å². The summed E-state index contributed by atoms with van der Waals surface area (Å²) in [5, 5.41) is 0. The fourth-order valence-corrected chi connectivity index (χ4v) is 2.67. The van der Waals surface area contributed by atoms with E-state index in [1.807, 2.05) is 0 Å². The second-order valence-corrected chi connectivity index (χ2v) is 5.72. The van der Waals surface area contributed by atoms with E-state index in [1.165, 1.54) is 16.8 Å². The molecule has 1 aromatic rings. The third kappa shape index (κ3) is 3.13. The lowest BCUT2D eigenvalue weighted by molar-refractivity contribution is 0.398. The van der Waals surface area contributed by atoms with Gasteiger partial charge in [-0.3, -0.25) is 0 Å². The van der Waals surface area contributed by atoms with Gasteiger partial charge in [-0.2, -0.15) is 0 Å². The van der Waals surface area contributed by atoms with Crippen molar-refractivity contribution < 1.29 is 0 Å². The van der Waals surface area contributed by atoms with Crippen molar-refractivity contribution in [2.24, 2.45) is 0 Å². The van der Waals surface area contributed by atoms with E-state index in [0.717, 1.165) is 26.2 Å². The molecule has 2 nitrogen and oxygen atoms in total. The summed E-state index contributed by atoms with van der Waals surface area (Å²) in [6, 6.07) is 6.71. The van der Waals surface area contributed by atoms with Crippen LogP contribution in [0.3, 0.4) is 0 Å². The molecule has 1 aliphatic rings. The highest BCUT2D eigenvalue weighted by molar-refractivity contribution is 8.10. The largest absolute Gasteiger partial charge is 0.368 e. The van der Waals surface area contributed by atoms with E-state index in [-0.39, 0.29) is 0 Å². The van der Waals surface area contributed by atoms with Crippen molar-refractivity contribution in [2.75, 3.05) is 31.1 Å². The van der Waals surface area contributed by atoms with Gasteiger partial charge in [-0.25, -0.2) is 0 Å². The third-order valence-electron chi connectivity index (χ3n) is 3.12. The van der Waals surface area contributed by atoms with Crippen LogP contribution in [0.25, 0.3) is 0 Å². The molecule has 0 spiro atoms. The summed E-state index contributed by atoms with van der Waals surface area (Å²) in [5.41, 5.74) is 3.98. The van der Waals surface area contributed by atoms with E-state index in [0.29, 0.717) is 4.32 Å². The number of rotatable bonds is 1. The van der Waals surface area contributed by atoms with Crippen LogP contribution in [0.15, 0.2) is 18.2 Å². The fraction of sp³-hybridized carbons (Fsp3) is 0.462. The van der Waals surface area contributed by atoms with E-state index >= 15 is 0 Å². The van der Waals surface area contributed by atoms with Gasteiger partial charge < -0.3 is 9.80 Å². The van der Waals surface area contributed by atoms with Gasteiger partial charge in [0.15, 0.2) is 0 Å². The monoisotopic (exact) mass is 266 g/mol. The average Bonchev–Trinajstić information content (AvgIpc) is 2.28. The second-order valence-electron chi connectivity index (χ2n) is 4.60. The highest BCUT2D eigenvalue weighted by Gasteiger charge is 2.17. The van der Waals surface area contributed by atoms with Gasteiger partial charge >= 0.3 is 0 Å². The summed E-state index contributed by atoms with van der Waals surface area (Å²) >= 11 is 9.31. The summed E-state index contributed by atoms with van der Waals surface area (Å²) in [4.78, 5) is 4.57. The molecule has 1 saturated heterocycles. The maximum Gasteiger partial charge on any atom is 0.133 e. The number of hydrogen-bond acceptors (Lipinski definition) is 2. The molecule has 0 aliphatic carbocycles. The maximum atomic E-state index is 5.08. The number of benzene rings is 1. The minimum absolute atomic E-state index is 0.713. The van der Waals surface area contributed by atoms with Crippen LogP contribution in [-0.4, -0.2) is 35.4 Å². The van der Waals surface area contributed by atoms with E-state index in [4.69, 9.17) is 12.2 Å². The molecule has 92 valence electrons. The summed E-state index contributed by atoms with van der Waals surface area (Å²) < 4.78 is 0.713. The first-order valence-electron chi connectivity index (χ1n) is 5.87. The molecular formula is C13H18N2S2. The molecule has 1 aliphatic heterocycles. The number of anilines is 1. The van der Waals surface area contributed by atoms with Crippen molar-refractivity contribution in [3.63, 3.8) is 0 Å². The van der Waals surface area contributed by atoms with Crippen molar-refractivity contribution in [1.29, 1.82) is 0 Å². The molecule has 0 radical (unpaired) electrons. The van der Waals surface area contributed by atoms with Crippen molar-refractivity contribution >= 4 is 34.9 Å². The van der Waals surface area contributed by atoms with Gasteiger partial charge in [-0.05, 0) is 37.1 Å². The molecule has 0 aromatic heterocycles. The molecule has 0 amide bonds. The number of nitrogens with zero attached hydrogens (tertiary/aromatic N) is 2. The first-order valence-corrected chi connectivity index (χ1v) is 6.73. The van der Waals surface area contributed by atoms with E-state index in [1.54, 1.807) is 0 Å². The van der Waals surface area contributed by atoms with Gasteiger partial charge in [-0.1, -0.05) is 18.3 Å². The summed E-state index contributed by atoms with van der Waals surface area (Å²) in [6.45, 7) is 8.27. The fourth-order valence-electron chi connectivity index (χ4n) is 2.29. The first kappa shape index (κ1) is 12.7. The predicted molar refractivity (Wildman–Crippen MR) is 81.3 cm³/mol. The first-order chi connectivity index (χ1) is 8.06. The Labute approximate surface area is 114 Å². The zero-order valence-corrected chi connectivity index (χ0v) is 12.0. The van der Waals surface area contributed by atoms with Crippen LogP contribution in [0, 0.1) is 13.8 Å². The van der Waals surface area contributed by atoms with Crippen molar-refractivity contribution in [3.05, 3.63) is 29.3 Å². The maximum absolute atomic E-state index is 5.08. The number of thiol groups is 1. The molecule has 2 rings (SSSR count). The van der Waals surface area contributed by atoms with Gasteiger partial charge in [0, 0.05) is 31.9 Å². The summed E-state index contributed by atoms with van der Waals surface area (Å²) in [6.07, 6.45) is 0. The van der Waals surface area contributed by atoms with E-state index in [2.05, 4.69) is 54.5 Å². The Balaban J connectivity index is 2.07. The summed E-state index contributed by atoms with van der Waals surface area (Å²) in [5.74, 6) is 0. The standard InChI is InChI=1S/C13H18N2S2/c1-10-7-11(2)9-12(8-10)14-3-5-15(6-4-14)13(16)17/h7-9H,3-6H2,1-2H3,(H,16,17). The Morgan fingerprint density at radius 1 is 1.06 bits per heavy atom. The van der Waals surface area contributed by atoms with E-state index in [9.17, 15) is 0 Å². The lowest BCUT2D eigenvalue weighted by Crippen LogP contribution is -2.47. The molecule has 1 fully saturated rings. The number of thiocarbonyl (C=S) groups is 1. The van der Waals surface area contributed by atoms with Crippen LogP contribution in [0.5, 0.6) is 0 Å². The highest BCUT2D eigenvalue weighted by atomic mass is 32.1. The van der Waals surface area contributed by atoms with Crippen LogP contribution in [0.2, 0.25) is 0 Å². The van der Waals surface area contributed by atoms with Crippen LogP contribution in [-0.2, 0) is 0 Å². The van der Waals surface area contributed by atoms with Gasteiger partial charge in [0.2, 0.25) is 0 Å². The normalized spacial score (nSPS) is 16.2. The van der Waals surface area contributed by atoms with Crippen LogP contribution in [0.1, 0.15) is 11.1 Å². The molecular weight excluding hydrogens is 248 g/mol. The molecule has 0 N–H and O–H groups in total. The van der Waals surface area contributed by atoms with Crippen molar-refractivity contribution in [2.45, 2.75) is 13.8 Å². The topological polar surface area (TPSA) is 6.48 Å². The number of aryl methyl sites for hydroxylation is 2. The van der Waals surface area contributed by atoms with Crippen LogP contribution in [0.4, 0.5) is 5.69 Å². The molecule has 0 bridgehead atoms. The predicted octanol–water partition coefficient (Wildman–Crippen LogP) is 2.64. The van der Waals surface area contributed by atoms with Gasteiger partial charge in [0.25, 0.3) is 0 Å². The Morgan fingerprint density at radius 2 is 1.59 bits per heavy atom. The minimum Gasteiger partial charge on any atom is -0.368 e. The number of piperazine rings is 1. The lowest BCUT2D eigenvalue weighted by Gasteiger charge is -2.36. The third-order valence-corrected chi connectivity index (χ3v) is 3.66. The van der Waals surface area contributed by atoms with E-state index < -0.39 is 0 Å². The zero-order chi connectivity index (χ0) is 12.4. The van der Waals surface area contributed by atoms with Crippen LogP contribution < -0.4 is 4.90 Å². The molecule has 1 heterocycles. The second kappa shape index (κ2) is 5.27. The molecule has 0 saturated carbocycles. The number of hydrogen-bond donors (Lipinski definition) is 1. The van der Waals surface area contributed by atoms with Crippen LogP contribution >= 0.6 is 24.8 Å². The average molecular weight is 266 g/mol. The van der Waals surface area contributed by atoms with Gasteiger partial charge in [0.1, 0.15) is 4.32 Å².